The summed E-state index contributed by atoms with van der Waals surface area (Å²) in [5.74, 6) is 0.336. The number of Topliss-reactive ketones (excluding diaryl/α,β-unsaturated/α-hetero) is 1. The Morgan fingerprint density at radius 2 is 2.06 bits per heavy atom. The standard InChI is InChI=1S/C11H21NO3S/c1-3-5-8-16(14,15)12-7-6-11(13)10(4-2)9-12/h10H,3-9H2,1-2H3. The minimum atomic E-state index is -3.13. The Morgan fingerprint density at radius 1 is 1.38 bits per heavy atom. The Hall–Kier alpha value is -0.420. The number of unbranched alkanes of at least 4 members (excludes halogenated alkanes) is 1. The number of piperidine rings is 1. The molecule has 1 fully saturated rings. The average molecular weight is 247 g/mol. The van der Waals surface area contributed by atoms with E-state index in [9.17, 15) is 13.2 Å². The molecule has 0 aromatic carbocycles. The van der Waals surface area contributed by atoms with Gasteiger partial charge in [0.15, 0.2) is 0 Å². The summed E-state index contributed by atoms with van der Waals surface area (Å²) in [7, 11) is -3.13. The van der Waals surface area contributed by atoms with Crippen molar-refractivity contribution < 1.29 is 13.2 Å². The van der Waals surface area contributed by atoms with E-state index in [0.717, 1.165) is 12.8 Å². The first kappa shape index (κ1) is 13.6. The van der Waals surface area contributed by atoms with Gasteiger partial charge in [0.25, 0.3) is 0 Å². The molecule has 4 nitrogen and oxygen atoms in total. The molecule has 0 saturated carbocycles. The molecular weight excluding hydrogens is 226 g/mol. The summed E-state index contributed by atoms with van der Waals surface area (Å²) >= 11 is 0. The van der Waals surface area contributed by atoms with Crippen molar-refractivity contribution in [3.05, 3.63) is 0 Å². The van der Waals surface area contributed by atoms with Crippen molar-refractivity contribution in [1.82, 2.24) is 4.31 Å². The maximum absolute atomic E-state index is 11.9. The van der Waals surface area contributed by atoms with Crippen LogP contribution < -0.4 is 0 Å². The number of rotatable bonds is 5. The summed E-state index contributed by atoms with van der Waals surface area (Å²) < 4.78 is 25.4. The van der Waals surface area contributed by atoms with Gasteiger partial charge in [0, 0.05) is 25.4 Å². The van der Waals surface area contributed by atoms with Crippen molar-refractivity contribution in [1.29, 1.82) is 0 Å². The molecule has 0 bridgehead atoms. The van der Waals surface area contributed by atoms with Crippen molar-refractivity contribution in [2.45, 2.75) is 39.5 Å². The lowest BCUT2D eigenvalue weighted by Gasteiger charge is -2.30. The van der Waals surface area contributed by atoms with E-state index in [1.807, 2.05) is 13.8 Å². The van der Waals surface area contributed by atoms with Gasteiger partial charge in [-0.3, -0.25) is 4.79 Å². The van der Waals surface area contributed by atoms with Crippen molar-refractivity contribution in [3.63, 3.8) is 0 Å². The monoisotopic (exact) mass is 247 g/mol. The SMILES string of the molecule is CCCCS(=O)(=O)N1CCC(=O)C(CC)C1. The second kappa shape index (κ2) is 5.77. The predicted molar refractivity (Wildman–Crippen MR) is 63.7 cm³/mol. The number of hydrogen-bond donors (Lipinski definition) is 0. The fourth-order valence-corrected chi connectivity index (χ4v) is 3.63. The van der Waals surface area contributed by atoms with Crippen LogP contribution in [-0.2, 0) is 14.8 Å². The van der Waals surface area contributed by atoms with Crippen LogP contribution in [0.5, 0.6) is 0 Å². The van der Waals surface area contributed by atoms with Crippen LogP contribution in [0, 0.1) is 5.92 Å². The molecule has 1 atom stereocenters. The Morgan fingerprint density at radius 3 is 2.62 bits per heavy atom. The van der Waals surface area contributed by atoms with E-state index in [1.54, 1.807) is 0 Å². The quantitative estimate of drug-likeness (QED) is 0.738. The molecule has 0 aromatic heterocycles. The van der Waals surface area contributed by atoms with E-state index in [2.05, 4.69) is 0 Å². The largest absolute Gasteiger partial charge is 0.299 e. The Labute approximate surface area is 98.1 Å². The van der Waals surface area contributed by atoms with Gasteiger partial charge < -0.3 is 0 Å². The summed E-state index contributed by atoms with van der Waals surface area (Å²) in [4.78, 5) is 11.5. The van der Waals surface area contributed by atoms with Crippen molar-refractivity contribution >= 4 is 15.8 Å². The van der Waals surface area contributed by atoms with Crippen molar-refractivity contribution in [2.24, 2.45) is 5.92 Å². The van der Waals surface area contributed by atoms with Crippen LogP contribution in [0.1, 0.15) is 39.5 Å². The van der Waals surface area contributed by atoms with E-state index in [0.29, 0.717) is 25.9 Å². The smallest absolute Gasteiger partial charge is 0.214 e. The zero-order chi connectivity index (χ0) is 12.2. The normalized spacial score (nSPS) is 23.6. The van der Waals surface area contributed by atoms with Crippen LogP contribution >= 0.6 is 0 Å². The van der Waals surface area contributed by atoms with Gasteiger partial charge in [-0.1, -0.05) is 20.3 Å². The maximum atomic E-state index is 11.9. The highest BCUT2D eigenvalue weighted by molar-refractivity contribution is 7.89. The Bertz CT molecular complexity index is 337. The topological polar surface area (TPSA) is 54.5 Å². The second-order valence-corrected chi connectivity index (χ2v) is 6.44. The molecule has 5 heteroatoms. The van der Waals surface area contributed by atoms with Gasteiger partial charge in [-0.15, -0.1) is 0 Å². The summed E-state index contributed by atoms with van der Waals surface area (Å²) in [5, 5.41) is 0. The van der Waals surface area contributed by atoms with Gasteiger partial charge in [-0.2, -0.15) is 0 Å². The van der Waals surface area contributed by atoms with E-state index in [1.165, 1.54) is 4.31 Å². The molecule has 1 saturated heterocycles. The summed E-state index contributed by atoms with van der Waals surface area (Å²) in [6, 6.07) is 0. The maximum Gasteiger partial charge on any atom is 0.214 e. The third kappa shape index (κ3) is 3.28. The van der Waals surface area contributed by atoms with Gasteiger partial charge in [-0.05, 0) is 12.8 Å². The summed E-state index contributed by atoms with van der Waals surface area (Å²) in [6.45, 7) is 4.68. The molecule has 0 amide bonds. The molecule has 0 N–H and O–H groups in total. The van der Waals surface area contributed by atoms with Crippen LogP contribution in [0.4, 0.5) is 0 Å². The molecule has 0 aliphatic carbocycles. The first-order valence-corrected chi connectivity index (χ1v) is 7.62. The highest BCUT2D eigenvalue weighted by Crippen LogP contribution is 2.19. The number of ketones is 1. The minimum Gasteiger partial charge on any atom is -0.299 e. The van der Waals surface area contributed by atoms with E-state index < -0.39 is 10.0 Å². The lowest BCUT2D eigenvalue weighted by atomic mass is 9.96. The van der Waals surface area contributed by atoms with Gasteiger partial charge >= 0.3 is 0 Å². The molecule has 0 aromatic rings. The molecule has 1 heterocycles. The van der Waals surface area contributed by atoms with Gasteiger partial charge in [0.2, 0.25) is 10.0 Å². The number of hydrogen-bond acceptors (Lipinski definition) is 3. The third-order valence-electron chi connectivity index (χ3n) is 3.13. The molecule has 1 aliphatic heterocycles. The molecule has 16 heavy (non-hydrogen) atoms. The lowest BCUT2D eigenvalue weighted by molar-refractivity contribution is -0.125. The number of sulfonamides is 1. The van der Waals surface area contributed by atoms with Crippen molar-refractivity contribution in [2.75, 3.05) is 18.8 Å². The van der Waals surface area contributed by atoms with E-state index in [-0.39, 0.29) is 17.5 Å². The lowest BCUT2D eigenvalue weighted by Crippen LogP contribution is -2.44. The zero-order valence-electron chi connectivity index (χ0n) is 10.1. The number of nitrogens with zero attached hydrogens (tertiary/aromatic N) is 1. The van der Waals surface area contributed by atoms with Crippen molar-refractivity contribution in [3.8, 4) is 0 Å². The van der Waals surface area contributed by atoms with Crippen LogP contribution in [-0.4, -0.2) is 37.3 Å². The van der Waals surface area contributed by atoms with Gasteiger partial charge in [0.1, 0.15) is 5.78 Å². The molecule has 1 unspecified atom stereocenters. The highest BCUT2D eigenvalue weighted by atomic mass is 32.2. The zero-order valence-corrected chi connectivity index (χ0v) is 10.9. The first-order valence-electron chi connectivity index (χ1n) is 6.01. The van der Waals surface area contributed by atoms with E-state index in [4.69, 9.17) is 0 Å². The molecule has 1 rings (SSSR count). The van der Waals surface area contributed by atoms with Gasteiger partial charge in [0.05, 0.1) is 5.75 Å². The summed E-state index contributed by atoms with van der Waals surface area (Å²) in [5.41, 5.74) is 0. The summed E-state index contributed by atoms with van der Waals surface area (Å²) in [6.07, 6.45) is 2.69. The molecule has 0 spiro atoms. The molecule has 1 aliphatic rings. The fourth-order valence-electron chi connectivity index (χ4n) is 1.94. The number of carbonyl (C=O) groups is 1. The third-order valence-corrected chi connectivity index (χ3v) is 5.05. The van der Waals surface area contributed by atoms with Crippen LogP contribution in [0.3, 0.4) is 0 Å². The second-order valence-electron chi connectivity index (χ2n) is 4.35. The predicted octanol–water partition coefficient (Wildman–Crippen LogP) is 1.42. The average Bonchev–Trinajstić information content (AvgIpc) is 2.27. The van der Waals surface area contributed by atoms with Gasteiger partial charge in [-0.25, -0.2) is 12.7 Å². The molecule has 0 radical (unpaired) electrons. The first-order chi connectivity index (χ1) is 7.51. The van der Waals surface area contributed by atoms with Crippen LogP contribution in [0.2, 0.25) is 0 Å². The Balaban J connectivity index is 2.64. The van der Waals surface area contributed by atoms with Crippen LogP contribution in [0.15, 0.2) is 0 Å². The van der Waals surface area contributed by atoms with E-state index >= 15 is 0 Å². The highest BCUT2D eigenvalue weighted by Gasteiger charge is 2.31. The van der Waals surface area contributed by atoms with Crippen LogP contribution in [0.25, 0.3) is 0 Å². The Kier molecular flexibility index (Phi) is 4.92. The fraction of sp³-hybridized carbons (Fsp3) is 0.909. The molecule has 94 valence electrons. The minimum absolute atomic E-state index is 0.0925. The molecular formula is C11H21NO3S. The number of carbonyl (C=O) groups excluding carboxylic acids is 1.